The van der Waals surface area contributed by atoms with E-state index in [1.54, 1.807) is 0 Å². The average molecular weight is 272 g/mol. The Morgan fingerprint density at radius 2 is 1.94 bits per heavy atom. The molecule has 0 heterocycles. The Bertz CT molecular complexity index is 396. The van der Waals surface area contributed by atoms with Gasteiger partial charge in [0.25, 0.3) is 0 Å². The number of halogens is 1. The van der Waals surface area contributed by atoms with E-state index in [4.69, 9.17) is 16.3 Å². The Morgan fingerprint density at radius 3 is 2.56 bits per heavy atom. The Morgan fingerprint density at radius 1 is 1.28 bits per heavy atom. The van der Waals surface area contributed by atoms with Crippen LogP contribution in [-0.2, 0) is 20.9 Å². The van der Waals surface area contributed by atoms with Gasteiger partial charge in [0.05, 0.1) is 0 Å². The first-order chi connectivity index (χ1) is 8.63. The van der Waals surface area contributed by atoms with Crippen molar-refractivity contribution >= 4 is 23.7 Å². The van der Waals surface area contributed by atoms with Gasteiger partial charge in [-0.2, -0.15) is 0 Å². The maximum Gasteiger partial charge on any atom is 0.408 e. The number of alkyl halides is 1. The van der Waals surface area contributed by atoms with Crippen LogP contribution in [0.15, 0.2) is 30.3 Å². The fraction of sp³-hybridized carbons (Fsp3) is 0.333. The largest absolute Gasteiger partial charge is 0.448 e. The zero-order valence-corrected chi connectivity index (χ0v) is 10.6. The molecule has 1 aromatic rings. The number of esters is 1. The fourth-order valence-corrected chi connectivity index (χ4v) is 1.29. The maximum atomic E-state index is 11.4. The van der Waals surface area contributed by atoms with Gasteiger partial charge in [-0.1, -0.05) is 41.9 Å². The van der Waals surface area contributed by atoms with Crippen LogP contribution in [0.1, 0.15) is 12.5 Å². The predicted octanol–water partition coefficient (Wildman–Crippen LogP) is 2.04. The van der Waals surface area contributed by atoms with E-state index in [1.165, 1.54) is 6.92 Å². The number of rotatable bonds is 5. The zero-order chi connectivity index (χ0) is 13.4. The molecule has 6 heteroatoms. The van der Waals surface area contributed by atoms with Crippen molar-refractivity contribution in [1.82, 2.24) is 5.32 Å². The summed E-state index contributed by atoms with van der Waals surface area (Å²) in [5.41, 5.74) is 0.864. The van der Waals surface area contributed by atoms with E-state index in [-0.39, 0.29) is 12.7 Å². The molecule has 0 fully saturated rings. The van der Waals surface area contributed by atoms with E-state index in [9.17, 15) is 9.59 Å². The zero-order valence-electron chi connectivity index (χ0n) is 9.89. The summed E-state index contributed by atoms with van der Waals surface area (Å²) in [5.74, 6) is -0.610. The summed E-state index contributed by atoms with van der Waals surface area (Å²) in [7, 11) is 0. The van der Waals surface area contributed by atoms with Crippen molar-refractivity contribution in [2.24, 2.45) is 0 Å². The average Bonchev–Trinajstić information content (AvgIpc) is 2.38. The van der Waals surface area contributed by atoms with E-state index >= 15 is 0 Å². The van der Waals surface area contributed by atoms with Gasteiger partial charge in [-0.15, -0.1) is 0 Å². The number of hydrogen-bond donors (Lipinski definition) is 1. The summed E-state index contributed by atoms with van der Waals surface area (Å²) in [4.78, 5) is 22.5. The SMILES string of the molecule is C[C@H](NC(=O)OCc1ccccc1)C(=O)OCCl. The van der Waals surface area contributed by atoms with Crippen LogP contribution >= 0.6 is 11.6 Å². The number of carbonyl (C=O) groups is 2. The number of carbonyl (C=O) groups excluding carboxylic acids is 2. The molecule has 1 amide bonds. The fourth-order valence-electron chi connectivity index (χ4n) is 1.18. The molecule has 0 radical (unpaired) electrons. The van der Waals surface area contributed by atoms with Gasteiger partial charge in [-0.3, -0.25) is 0 Å². The Kier molecular flexibility index (Phi) is 6.00. The number of ether oxygens (including phenoxy) is 2. The summed E-state index contributed by atoms with van der Waals surface area (Å²) < 4.78 is 9.46. The molecule has 0 unspecified atom stereocenters. The Labute approximate surface area is 110 Å². The minimum absolute atomic E-state index is 0.143. The lowest BCUT2D eigenvalue weighted by atomic mass is 10.2. The highest BCUT2D eigenvalue weighted by Gasteiger charge is 2.17. The molecule has 0 aliphatic rings. The summed E-state index contributed by atoms with van der Waals surface area (Å²) >= 11 is 5.23. The normalized spacial score (nSPS) is 11.4. The third kappa shape index (κ3) is 5.05. The second-order valence-corrected chi connectivity index (χ2v) is 3.72. The monoisotopic (exact) mass is 271 g/mol. The number of amides is 1. The molecule has 0 saturated carbocycles. The van der Waals surface area contributed by atoms with Crippen molar-refractivity contribution in [2.75, 3.05) is 6.07 Å². The molecule has 0 aliphatic heterocycles. The van der Waals surface area contributed by atoms with Crippen molar-refractivity contribution in [1.29, 1.82) is 0 Å². The lowest BCUT2D eigenvalue weighted by molar-refractivity contribution is -0.143. The van der Waals surface area contributed by atoms with Crippen LogP contribution in [0.4, 0.5) is 4.79 Å². The van der Waals surface area contributed by atoms with Gasteiger partial charge < -0.3 is 14.8 Å². The highest BCUT2D eigenvalue weighted by atomic mass is 35.5. The third-order valence-corrected chi connectivity index (χ3v) is 2.21. The molecule has 1 atom stereocenters. The van der Waals surface area contributed by atoms with Crippen molar-refractivity contribution in [2.45, 2.75) is 19.6 Å². The topological polar surface area (TPSA) is 64.6 Å². The first-order valence-corrected chi connectivity index (χ1v) is 5.86. The number of nitrogens with one attached hydrogen (secondary N) is 1. The second kappa shape index (κ2) is 7.55. The molecule has 0 aromatic heterocycles. The minimum Gasteiger partial charge on any atom is -0.448 e. The van der Waals surface area contributed by atoms with Crippen LogP contribution in [0.3, 0.4) is 0 Å². The molecular weight excluding hydrogens is 258 g/mol. The van der Waals surface area contributed by atoms with E-state index in [2.05, 4.69) is 10.1 Å². The summed E-state index contributed by atoms with van der Waals surface area (Å²) in [6, 6.07) is 8.18. The maximum absolute atomic E-state index is 11.4. The van der Waals surface area contributed by atoms with Crippen LogP contribution in [0, 0.1) is 0 Å². The number of hydrogen-bond acceptors (Lipinski definition) is 4. The van der Waals surface area contributed by atoms with Crippen LogP contribution in [0.25, 0.3) is 0 Å². The van der Waals surface area contributed by atoms with E-state index in [0.717, 1.165) is 5.56 Å². The lowest BCUT2D eigenvalue weighted by Crippen LogP contribution is -2.39. The van der Waals surface area contributed by atoms with Crippen LogP contribution in [0.5, 0.6) is 0 Å². The molecule has 0 spiro atoms. The molecule has 98 valence electrons. The molecule has 0 bridgehead atoms. The molecule has 0 aliphatic carbocycles. The quantitative estimate of drug-likeness (QED) is 0.657. The van der Waals surface area contributed by atoms with Crippen LogP contribution in [-0.4, -0.2) is 24.2 Å². The van der Waals surface area contributed by atoms with Crippen molar-refractivity contribution in [3.63, 3.8) is 0 Å². The first-order valence-electron chi connectivity index (χ1n) is 5.33. The van der Waals surface area contributed by atoms with E-state index < -0.39 is 18.1 Å². The van der Waals surface area contributed by atoms with Gasteiger partial charge >= 0.3 is 12.1 Å². The van der Waals surface area contributed by atoms with E-state index in [0.29, 0.717) is 0 Å². The van der Waals surface area contributed by atoms with Crippen LogP contribution in [0.2, 0.25) is 0 Å². The van der Waals surface area contributed by atoms with E-state index in [1.807, 2.05) is 30.3 Å². The van der Waals surface area contributed by atoms with Gasteiger partial charge in [0.2, 0.25) is 0 Å². The van der Waals surface area contributed by atoms with Crippen molar-refractivity contribution in [3.05, 3.63) is 35.9 Å². The summed E-state index contributed by atoms with van der Waals surface area (Å²) in [6.07, 6.45) is -0.683. The van der Waals surface area contributed by atoms with Crippen molar-refractivity contribution in [3.8, 4) is 0 Å². The smallest absolute Gasteiger partial charge is 0.408 e. The van der Waals surface area contributed by atoms with Gasteiger partial charge in [0.15, 0.2) is 6.07 Å². The highest BCUT2D eigenvalue weighted by molar-refractivity contribution is 6.17. The van der Waals surface area contributed by atoms with Gasteiger partial charge in [-0.25, -0.2) is 9.59 Å². The number of alkyl carbamates (subject to hydrolysis) is 1. The molecule has 18 heavy (non-hydrogen) atoms. The standard InChI is InChI=1S/C12H14ClNO4/c1-9(11(15)18-8-13)14-12(16)17-7-10-5-3-2-4-6-10/h2-6,9H,7-8H2,1H3,(H,14,16)/t9-/m0/s1. The lowest BCUT2D eigenvalue weighted by Gasteiger charge is -2.12. The second-order valence-electron chi connectivity index (χ2n) is 3.50. The predicted molar refractivity (Wildman–Crippen MR) is 66.0 cm³/mol. The number of benzene rings is 1. The first kappa shape index (κ1) is 14.3. The van der Waals surface area contributed by atoms with Gasteiger partial charge in [0, 0.05) is 0 Å². The third-order valence-electron chi connectivity index (χ3n) is 2.10. The molecular formula is C12H14ClNO4. The molecule has 0 saturated heterocycles. The summed E-state index contributed by atoms with van der Waals surface area (Å²) in [5, 5.41) is 2.34. The molecule has 1 rings (SSSR count). The van der Waals surface area contributed by atoms with Gasteiger partial charge in [-0.05, 0) is 12.5 Å². The van der Waals surface area contributed by atoms with Gasteiger partial charge in [0.1, 0.15) is 12.6 Å². The minimum atomic E-state index is -0.799. The van der Waals surface area contributed by atoms with Crippen LogP contribution < -0.4 is 5.32 Å². The van der Waals surface area contributed by atoms with Crippen molar-refractivity contribution < 1.29 is 19.1 Å². The molecule has 1 N–H and O–H groups in total. The molecule has 5 nitrogen and oxygen atoms in total. The molecule has 1 aromatic carbocycles. The Balaban J connectivity index is 2.31. The Hall–Kier alpha value is -1.75. The summed E-state index contributed by atoms with van der Waals surface area (Å²) in [6.45, 7) is 1.63. The highest BCUT2D eigenvalue weighted by Crippen LogP contribution is 2.01.